The molecule has 1 aromatic carbocycles. The maximum Gasteiger partial charge on any atom is 0.275 e. The molecular formula is C19H18N4O3S. The molecule has 4 rings (SSSR count). The molecule has 1 amide bonds. The molecule has 0 bridgehead atoms. The van der Waals surface area contributed by atoms with E-state index in [9.17, 15) is 4.79 Å². The molecule has 3 aromatic heterocycles. The van der Waals surface area contributed by atoms with Gasteiger partial charge >= 0.3 is 0 Å². The average molecular weight is 382 g/mol. The molecule has 138 valence electrons. The minimum Gasteiger partial charge on any atom is -0.497 e. The van der Waals surface area contributed by atoms with Crippen LogP contribution >= 0.6 is 11.3 Å². The summed E-state index contributed by atoms with van der Waals surface area (Å²) in [5, 5.41) is 10.4. The summed E-state index contributed by atoms with van der Waals surface area (Å²) in [6.45, 7) is 4.43. The average Bonchev–Trinajstić information content (AvgIpc) is 3.38. The number of furan rings is 1. The highest BCUT2D eigenvalue weighted by Crippen LogP contribution is 2.32. The van der Waals surface area contributed by atoms with E-state index in [1.807, 2.05) is 43.5 Å². The number of carbonyl (C=O) groups excluding carboxylic acids is 1. The Morgan fingerprint density at radius 2 is 2.19 bits per heavy atom. The van der Waals surface area contributed by atoms with Crippen LogP contribution in [0.15, 0.2) is 40.1 Å². The number of aromatic nitrogens is 3. The lowest BCUT2D eigenvalue weighted by Gasteiger charge is -2.03. The molecular weight excluding hydrogens is 364 g/mol. The highest BCUT2D eigenvalue weighted by atomic mass is 32.1. The first kappa shape index (κ1) is 17.3. The van der Waals surface area contributed by atoms with Crippen molar-refractivity contribution >= 4 is 33.3 Å². The van der Waals surface area contributed by atoms with Gasteiger partial charge in [-0.05, 0) is 44.2 Å². The van der Waals surface area contributed by atoms with Gasteiger partial charge in [0.15, 0.2) is 10.9 Å². The van der Waals surface area contributed by atoms with Crippen LogP contribution in [0.1, 0.15) is 23.1 Å². The normalized spacial score (nSPS) is 11.1. The second kappa shape index (κ2) is 6.88. The number of rotatable bonds is 5. The van der Waals surface area contributed by atoms with E-state index in [1.165, 1.54) is 11.3 Å². The van der Waals surface area contributed by atoms with Gasteiger partial charge in [-0.2, -0.15) is 5.10 Å². The second-order valence-electron chi connectivity index (χ2n) is 5.99. The van der Waals surface area contributed by atoms with Crippen LogP contribution < -0.4 is 10.1 Å². The first-order valence-electron chi connectivity index (χ1n) is 8.46. The number of nitrogens with zero attached hydrogens (tertiary/aromatic N) is 3. The number of anilines is 1. The predicted octanol–water partition coefficient (Wildman–Crippen LogP) is 4.34. The molecule has 8 heteroatoms. The van der Waals surface area contributed by atoms with Crippen molar-refractivity contribution in [3.8, 4) is 17.2 Å². The van der Waals surface area contributed by atoms with Crippen LogP contribution in [-0.2, 0) is 6.54 Å². The molecule has 4 aromatic rings. The number of amides is 1. The zero-order valence-corrected chi connectivity index (χ0v) is 16.0. The Kier molecular flexibility index (Phi) is 4.41. The molecule has 7 nitrogen and oxygen atoms in total. The molecule has 0 aliphatic heterocycles. The number of hydrogen-bond acceptors (Lipinski definition) is 6. The van der Waals surface area contributed by atoms with Gasteiger partial charge in [0.05, 0.1) is 12.8 Å². The first-order valence-corrected chi connectivity index (χ1v) is 9.34. The van der Waals surface area contributed by atoms with Crippen molar-refractivity contribution in [2.45, 2.75) is 20.4 Å². The lowest BCUT2D eigenvalue weighted by atomic mass is 10.2. The number of benzene rings is 1. The fourth-order valence-electron chi connectivity index (χ4n) is 2.85. The first-order chi connectivity index (χ1) is 13.1. The number of carbonyl (C=O) groups is 1. The maximum absolute atomic E-state index is 12.5. The lowest BCUT2D eigenvalue weighted by molar-refractivity contribution is 0.101. The number of hydrogen-bond donors (Lipinski definition) is 1. The van der Waals surface area contributed by atoms with Gasteiger partial charge in [-0.15, -0.1) is 11.3 Å². The SMILES string of the molecule is CCn1nc(C)cc1C(=O)Nc1nc(-c2cc3cc(OC)ccc3o2)cs1. The summed E-state index contributed by atoms with van der Waals surface area (Å²) < 4.78 is 12.8. The third-order valence-corrected chi connectivity index (χ3v) is 4.89. The highest BCUT2D eigenvalue weighted by molar-refractivity contribution is 7.14. The van der Waals surface area contributed by atoms with Gasteiger partial charge in [-0.25, -0.2) is 4.98 Å². The van der Waals surface area contributed by atoms with Crippen LogP contribution in [0.2, 0.25) is 0 Å². The van der Waals surface area contributed by atoms with Gasteiger partial charge in [0, 0.05) is 17.3 Å². The highest BCUT2D eigenvalue weighted by Gasteiger charge is 2.16. The number of thiazole rings is 1. The van der Waals surface area contributed by atoms with Gasteiger partial charge in [0.25, 0.3) is 5.91 Å². The van der Waals surface area contributed by atoms with Gasteiger partial charge in [-0.1, -0.05) is 0 Å². The van der Waals surface area contributed by atoms with E-state index < -0.39 is 0 Å². The molecule has 0 fully saturated rings. The third-order valence-electron chi connectivity index (χ3n) is 4.13. The second-order valence-corrected chi connectivity index (χ2v) is 6.85. The summed E-state index contributed by atoms with van der Waals surface area (Å²) in [5.41, 5.74) is 2.75. The smallest absolute Gasteiger partial charge is 0.275 e. The van der Waals surface area contributed by atoms with E-state index in [1.54, 1.807) is 17.9 Å². The van der Waals surface area contributed by atoms with E-state index in [2.05, 4.69) is 15.4 Å². The van der Waals surface area contributed by atoms with E-state index in [4.69, 9.17) is 9.15 Å². The molecule has 0 saturated heterocycles. The van der Waals surface area contributed by atoms with E-state index >= 15 is 0 Å². The van der Waals surface area contributed by atoms with Crippen LogP contribution in [0, 0.1) is 6.92 Å². The molecule has 3 heterocycles. The third kappa shape index (κ3) is 3.31. The summed E-state index contributed by atoms with van der Waals surface area (Å²) in [6, 6.07) is 9.29. The van der Waals surface area contributed by atoms with Gasteiger partial charge in [0.1, 0.15) is 22.7 Å². The summed E-state index contributed by atoms with van der Waals surface area (Å²) in [6.07, 6.45) is 0. The van der Waals surface area contributed by atoms with Crippen LogP contribution in [0.3, 0.4) is 0 Å². The van der Waals surface area contributed by atoms with Crippen LogP contribution in [0.5, 0.6) is 5.75 Å². The largest absolute Gasteiger partial charge is 0.497 e. The minimum atomic E-state index is -0.229. The van der Waals surface area contributed by atoms with Crippen molar-refractivity contribution in [3.05, 3.63) is 47.1 Å². The summed E-state index contributed by atoms with van der Waals surface area (Å²) in [4.78, 5) is 17.0. The Morgan fingerprint density at radius 1 is 1.33 bits per heavy atom. The Hall–Kier alpha value is -3.13. The number of aryl methyl sites for hydroxylation is 2. The number of fused-ring (bicyclic) bond motifs is 1. The monoisotopic (exact) mass is 382 g/mol. The predicted molar refractivity (Wildman–Crippen MR) is 104 cm³/mol. The summed E-state index contributed by atoms with van der Waals surface area (Å²) >= 11 is 1.35. The summed E-state index contributed by atoms with van der Waals surface area (Å²) in [7, 11) is 1.63. The summed E-state index contributed by atoms with van der Waals surface area (Å²) in [5.74, 6) is 1.18. The van der Waals surface area contributed by atoms with E-state index in [-0.39, 0.29) is 5.91 Å². The molecule has 1 N–H and O–H groups in total. The van der Waals surface area contributed by atoms with Crippen molar-refractivity contribution in [1.29, 1.82) is 0 Å². The lowest BCUT2D eigenvalue weighted by Crippen LogP contribution is -2.17. The molecule has 0 saturated carbocycles. The molecule has 0 unspecified atom stereocenters. The Bertz CT molecular complexity index is 1130. The molecule has 0 spiro atoms. The van der Waals surface area contributed by atoms with Crippen LogP contribution in [0.4, 0.5) is 5.13 Å². The molecule has 27 heavy (non-hydrogen) atoms. The fourth-order valence-corrected chi connectivity index (χ4v) is 3.54. The fraction of sp³-hybridized carbons (Fsp3) is 0.211. The Balaban J connectivity index is 1.57. The molecule has 0 atom stereocenters. The van der Waals surface area contributed by atoms with Gasteiger partial charge in [0.2, 0.25) is 0 Å². The molecule has 0 radical (unpaired) electrons. The van der Waals surface area contributed by atoms with Gasteiger partial charge in [-0.3, -0.25) is 14.8 Å². The van der Waals surface area contributed by atoms with Gasteiger partial charge < -0.3 is 9.15 Å². The van der Waals surface area contributed by atoms with Crippen LogP contribution in [-0.4, -0.2) is 27.8 Å². The van der Waals surface area contributed by atoms with Crippen molar-refractivity contribution in [1.82, 2.24) is 14.8 Å². The van der Waals surface area contributed by atoms with Crippen molar-refractivity contribution in [3.63, 3.8) is 0 Å². The molecule has 0 aliphatic carbocycles. The van der Waals surface area contributed by atoms with E-state index in [0.717, 1.165) is 22.4 Å². The molecule has 0 aliphatic rings. The van der Waals surface area contributed by atoms with E-state index in [0.29, 0.717) is 28.8 Å². The van der Waals surface area contributed by atoms with Crippen molar-refractivity contribution in [2.75, 3.05) is 12.4 Å². The minimum absolute atomic E-state index is 0.229. The Morgan fingerprint density at radius 3 is 2.96 bits per heavy atom. The standard InChI is InChI=1S/C19H18N4O3S/c1-4-23-15(7-11(2)22-23)18(24)21-19-20-14(10-27-19)17-9-12-8-13(25-3)5-6-16(12)26-17/h5-10H,4H2,1-3H3,(H,20,21,24). The zero-order chi connectivity index (χ0) is 19.0. The van der Waals surface area contributed by atoms with Crippen molar-refractivity contribution in [2.24, 2.45) is 0 Å². The topological polar surface area (TPSA) is 82.2 Å². The number of nitrogens with one attached hydrogen (secondary N) is 1. The van der Waals surface area contributed by atoms with Crippen LogP contribution in [0.25, 0.3) is 22.4 Å². The maximum atomic E-state index is 12.5. The quantitative estimate of drug-likeness (QED) is 0.555. The Labute approximate surface area is 159 Å². The number of ether oxygens (including phenoxy) is 1. The zero-order valence-electron chi connectivity index (χ0n) is 15.1. The van der Waals surface area contributed by atoms with Crippen molar-refractivity contribution < 1.29 is 13.9 Å². The number of methoxy groups -OCH3 is 1.